The SMILES string of the molecule is CC(C)Oc1ccc(C(O)=C2C(=O)C(=O)N(CCCN(C)C)[C@@H]2c2ccc([N+](=O)[O-])cc2)cc1. The summed E-state index contributed by atoms with van der Waals surface area (Å²) in [7, 11) is 3.82. The average molecular weight is 468 g/mol. The van der Waals surface area contributed by atoms with Crippen LogP contribution in [-0.2, 0) is 9.59 Å². The van der Waals surface area contributed by atoms with Crippen molar-refractivity contribution in [3.8, 4) is 5.75 Å². The third-order valence-electron chi connectivity index (χ3n) is 5.46. The first-order chi connectivity index (χ1) is 16.1. The van der Waals surface area contributed by atoms with Gasteiger partial charge in [0, 0.05) is 24.2 Å². The number of nitro benzene ring substituents is 1. The van der Waals surface area contributed by atoms with Gasteiger partial charge in [-0.3, -0.25) is 19.7 Å². The lowest BCUT2D eigenvalue weighted by atomic mass is 9.95. The highest BCUT2D eigenvalue weighted by atomic mass is 16.6. The fourth-order valence-electron chi connectivity index (χ4n) is 3.91. The van der Waals surface area contributed by atoms with Gasteiger partial charge in [-0.1, -0.05) is 0 Å². The molecule has 1 saturated heterocycles. The standard InChI is InChI=1S/C25H29N3O6/c1-16(2)34-20-12-8-18(9-13-20)23(29)21-22(17-6-10-19(11-7-17)28(32)33)27(25(31)24(21)30)15-5-14-26(3)4/h6-13,16,22,29H,5,14-15H2,1-4H3/t22-/m1/s1. The monoisotopic (exact) mass is 467 g/mol. The minimum atomic E-state index is -0.852. The third kappa shape index (κ3) is 5.43. The number of carbonyl (C=O) groups excluding carboxylic acids is 2. The van der Waals surface area contributed by atoms with Gasteiger partial charge in [0.25, 0.3) is 17.4 Å². The van der Waals surface area contributed by atoms with E-state index in [4.69, 9.17) is 4.74 Å². The lowest BCUT2D eigenvalue weighted by Gasteiger charge is -2.26. The number of hydrogen-bond donors (Lipinski definition) is 1. The molecular weight excluding hydrogens is 438 g/mol. The predicted octanol–water partition coefficient (Wildman–Crippen LogP) is 3.76. The highest BCUT2D eigenvalue weighted by Crippen LogP contribution is 2.40. The van der Waals surface area contributed by atoms with Crippen LogP contribution in [0.15, 0.2) is 54.1 Å². The second-order valence-electron chi connectivity index (χ2n) is 8.69. The smallest absolute Gasteiger partial charge is 0.295 e. The fraction of sp³-hybridized carbons (Fsp3) is 0.360. The molecule has 180 valence electrons. The Kier molecular flexibility index (Phi) is 7.68. The summed E-state index contributed by atoms with van der Waals surface area (Å²) < 4.78 is 5.63. The Balaban J connectivity index is 2.05. The number of ether oxygens (including phenoxy) is 1. The van der Waals surface area contributed by atoms with Crippen LogP contribution >= 0.6 is 0 Å². The number of amides is 1. The van der Waals surface area contributed by atoms with Crippen LogP contribution in [-0.4, -0.2) is 64.8 Å². The van der Waals surface area contributed by atoms with Crippen molar-refractivity contribution in [2.45, 2.75) is 32.4 Å². The Morgan fingerprint density at radius 1 is 1.12 bits per heavy atom. The summed E-state index contributed by atoms with van der Waals surface area (Å²) in [5.74, 6) is -1.17. The van der Waals surface area contributed by atoms with E-state index >= 15 is 0 Å². The summed E-state index contributed by atoms with van der Waals surface area (Å²) >= 11 is 0. The normalized spacial score (nSPS) is 17.6. The average Bonchev–Trinajstić information content (AvgIpc) is 3.03. The van der Waals surface area contributed by atoms with Gasteiger partial charge >= 0.3 is 0 Å². The van der Waals surface area contributed by atoms with Gasteiger partial charge in [0.05, 0.1) is 22.6 Å². The Morgan fingerprint density at radius 2 is 1.74 bits per heavy atom. The number of aliphatic hydroxyl groups is 1. The number of nitrogens with zero attached hydrogens (tertiary/aromatic N) is 3. The molecule has 2 aromatic carbocycles. The minimum absolute atomic E-state index is 0.0194. The molecule has 1 heterocycles. The molecule has 0 unspecified atom stereocenters. The van der Waals surface area contributed by atoms with Crippen LogP contribution in [0.25, 0.3) is 5.76 Å². The van der Waals surface area contributed by atoms with Gasteiger partial charge < -0.3 is 19.6 Å². The molecule has 3 rings (SSSR count). The number of Topliss-reactive ketones (excluding diaryl/α,β-unsaturated/α-hetero) is 1. The van der Waals surface area contributed by atoms with Crippen molar-refractivity contribution in [3.05, 3.63) is 75.3 Å². The minimum Gasteiger partial charge on any atom is -0.507 e. The second-order valence-corrected chi connectivity index (χ2v) is 8.69. The molecule has 1 aliphatic heterocycles. The largest absolute Gasteiger partial charge is 0.507 e. The van der Waals surface area contributed by atoms with Crippen LogP contribution < -0.4 is 4.74 Å². The van der Waals surface area contributed by atoms with Gasteiger partial charge in [0.2, 0.25) is 0 Å². The number of benzene rings is 2. The number of rotatable bonds is 9. The van der Waals surface area contributed by atoms with E-state index < -0.39 is 22.7 Å². The van der Waals surface area contributed by atoms with Crippen molar-refractivity contribution < 1.29 is 24.4 Å². The summed E-state index contributed by atoms with van der Waals surface area (Å²) in [6.45, 7) is 4.79. The van der Waals surface area contributed by atoms with E-state index in [-0.39, 0.29) is 23.1 Å². The molecular formula is C25H29N3O6. The molecule has 9 heteroatoms. The fourth-order valence-corrected chi connectivity index (χ4v) is 3.91. The first kappa shape index (κ1) is 24.9. The molecule has 1 N–H and O–H groups in total. The molecule has 1 aliphatic rings. The zero-order valence-electron chi connectivity index (χ0n) is 19.7. The summed E-state index contributed by atoms with van der Waals surface area (Å²) in [5, 5.41) is 22.2. The number of non-ortho nitro benzene ring substituents is 1. The molecule has 0 bridgehead atoms. The molecule has 1 amide bonds. The maximum absolute atomic E-state index is 13.0. The molecule has 0 aliphatic carbocycles. The van der Waals surface area contributed by atoms with E-state index in [1.165, 1.54) is 29.2 Å². The van der Waals surface area contributed by atoms with Gasteiger partial charge in [-0.15, -0.1) is 0 Å². The molecule has 1 atom stereocenters. The van der Waals surface area contributed by atoms with Crippen LogP contribution in [0.4, 0.5) is 5.69 Å². The summed E-state index contributed by atoms with van der Waals surface area (Å²) in [6.07, 6.45) is 0.596. The molecule has 9 nitrogen and oxygen atoms in total. The predicted molar refractivity (Wildman–Crippen MR) is 127 cm³/mol. The highest BCUT2D eigenvalue weighted by molar-refractivity contribution is 6.46. The van der Waals surface area contributed by atoms with E-state index in [1.54, 1.807) is 24.3 Å². The second kappa shape index (κ2) is 10.5. The Morgan fingerprint density at radius 3 is 2.26 bits per heavy atom. The van der Waals surface area contributed by atoms with E-state index in [0.717, 1.165) is 0 Å². The van der Waals surface area contributed by atoms with Gasteiger partial charge in [-0.05, 0) is 82.9 Å². The zero-order valence-corrected chi connectivity index (χ0v) is 19.7. The number of likely N-dealkylation sites (tertiary alicyclic amines) is 1. The van der Waals surface area contributed by atoms with Crippen molar-refractivity contribution in [2.75, 3.05) is 27.2 Å². The quantitative estimate of drug-likeness (QED) is 0.196. The Hall–Kier alpha value is -3.72. The first-order valence-corrected chi connectivity index (χ1v) is 11.0. The van der Waals surface area contributed by atoms with Gasteiger partial charge in [0.1, 0.15) is 11.5 Å². The topological polar surface area (TPSA) is 113 Å². The van der Waals surface area contributed by atoms with Crippen molar-refractivity contribution >= 4 is 23.1 Å². The van der Waals surface area contributed by atoms with E-state index in [0.29, 0.717) is 36.4 Å². The van der Waals surface area contributed by atoms with Crippen LogP contribution in [0.5, 0.6) is 5.75 Å². The van der Waals surface area contributed by atoms with Crippen LogP contribution in [0.1, 0.15) is 37.4 Å². The number of carbonyl (C=O) groups is 2. The van der Waals surface area contributed by atoms with Crippen LogP contribution in [0.3, 0.4) is 0 Å². The third-order valence-corrected chi connectivity index (χ3v) is 5.46. The molecule has 0 aromatic heterocycles. The highest BCUT2D eigenvalue weighted by Gasteiger charge is 2.45. The molecule has 0 spiro atoms. The molecule has 0 radical (unpaired) electrons. The van der Waals surface area contributed by atoms with E-state index in [9.17, 15) is 24.8 Å². The van der Waals surface area contributed by atoms with Crippen molar-refractivity contribution in [2.24, 2.45) is 0 Å². The molecule has 2 aromatic rings. The zero-order chi connectivity index (χ0) is 25.0. The maximum Gasteiger partial charge on any atom is 0.295 e. The lowest BCUT2D eigenvalue weighted by molar-refractivity contribution is -0.384. The first-order valence-electron chi connectivity index (χ1n) is 11.0. The van der Waals surface area contributed by atoms with Gasteiger partial charge in [0.15, 0.2) is 0 Å². The van der Waals surface area contributed by atoms with Crippen molar-refractivity contribution in [1.82, 2.24) is 9.80 Å². The van der Waals surface area contributed by atoms with Crippen LogP contribution in [0, 0.1) is 10.1 Å². The van der Waals surface area contributed by atoms with Gasteiger partial charge in [-0.2, -0.15) is 0 Å². The van der Waals surface area contributed by atoms with E-state index in [1.807, 2.05) is 32.8 Å². The lowest BCUT2D eigenvalue weighted by Crippen LogP contribution is -2.32. The number of aliphatic hydroxyl groups excluding tert-OH is 1. The Labute approximate surface area is 198 Å². The van der Waals surface area contributed by atoms with Crippen molar-refractivity contribution in [1.29, 1.82) is 0 Å². The summed E-state index contributed by atoms with van der Waals surface area (Å²) in [6, 6.07) is 11.4. The molecule has 34 heavy (non-hydrogen) atoms. The molecule has 0 saturated carbocycles. The van der Waals surface area contributed by atoms with E-state index in [2.05, 4.69) is 0 Å². The summed E-state index contributed by atoms with van der Waals surface area (Å²) in [4.78, 5) is 40.0. The molecule has 1 fully saturated rings. The van der Waals surface area contributed by atoms with Crippen molar-refractivity contribution in [3.63, 3.8) is 0 Å². The number of nitro groups is 1. The Bertz CT molecular complexity index is 1090. The maximum atomic E-state index is 13.0. The van der Waals surface area contributed by atoms with Gasteiger partial charge in [-0.25, -0.2) is 0 Å². The number of hydrogen-bond acceptors (Lipinski definition) is 7. The summed E-state index contributed by atoms with van der Waals surface area (Å²) in [5.41, 5.74) is 0.737. The van der Waals surface area contributed by atoms with Crippen LogP contribution in [0.2, 0.25) is 0 Å². The number of ketones is 1.